The highest BCUT2D eigenvalue weighted by molar-refractivity contribution is 7.80. The van der Waals surface area contributed by atoms with E-state index in [1.807, 2.05) is 49.4 Å². The third-order valence-corrected chi connectivity index (χ3v) is 4.77. The Kier molecular flexibility index (Phi) is 6.18. The van der Waals surface area contributed by atoms with Gasteiger partial charge in [0.25, 0.3) is 0 Å². The van der Waals surface area contributed by atoms with Crippen LogP contribution in [0, 0.1) is 12.8 Å². The number of thiocarbonyl (C=S) groups is 1. The molecule has 134 valence electrons. The van der Waals surface area contributed by atoms with Crippen LogP contribution in [0.4, 0.5) is 0 Å². The van der Waals surface area contributed by atoms with Crippen LogP contribution in [0.2, 0.25) is 0 Å². The SMILES string of the molecule is Cc1ccc(C=CC(=O)NC(=S)N(Cc2ccccc2)CC2CC2)cc1. The second-order valence-corrected chi connectivity index (χ2v) is 7.23. The van der Waals surface area contributed by atoms with Crippen molar-refractivity contribution in [2.24, 2.45) is 5.92 Å². The van der Waals surface area contributed by atoms with Crippen molar-refractivity contribution in [3.05, 3.63) is 77.4 Å². The van der Waals surface area contributed by atoms with Crippen molar-refractivity contribution < 1.29 is 4.79 Å². The minimum absolute atomic E-state index is 0.190. The first-order chi connectivity index (χ1) is 12.6. The van der Waals surface area contributed by atoms with E-state index < -0.39 is 0 Å². The predicted octanol–water partition coefficient (Wildman–Crippen LogP) is 4.32. The summed E-state index contributed by atoms with van der Waals surface area (Å²) >= 11 is 5.51. The van der Waals surface area contributed by atoms with E-state index in [9.17, 15) is 4.79 Å². The first-order valence-corrected chi connectivity index (χ1v) is 9.39. The molecule has 1 aliphatic carbocycles. The van der Waals surface area contributed by atoms with Gasteiger partial charge in [-0.05, 0) is 55.1 Å². The summed E-state index contributed by atoms with van der Waals surface area (Å²) in [6.07, 6.45) is 5.83. The summed E-state index contributed by atoms with van der Waals surface area (Å²) in [5.74, 6) is 0.501. The Morgan fingerprint density at radius 3 is 2.50 bits per heavy atom. The molecule has 0 atom stereocenters. The summed E-state index contributed by atoms with van der Waals surface area (Å²) in [6, 6.07) is 18.3. The Morgan fingerprint density at radius 2 is 1.85 bits per heavy atom. The van der Waals surface area contributed by atoms with E-state index in [-0.39, 0.29) is 5.91 Å². The lowest BCUT2D eigenvalue weighted by Crippen LogP contribution is -2.42. The first-order valence-electron chi connectivity index (χ1n) is 8.99. The minimum atomic E-state index is -0.190. The molecule has 26 heavy (non-hydrogen) atoms. The zero-order chi connectivity index (χ0) is 18.4. The Morgan fingerprint density at radius 1 is 1.15 bits per heavy atom. The largest absolute Gasteiger partial charge is 0.344 e. The van der Waals surface area contributed by atoms with Crippen molar-refractivity contribution in [3.8, 4) is 0 Å². The van der Waals surface area contributed by atoms with E-state index in [2.05, 4.69) is 22.3 Å². The van der Waals surface area contributed by atoms with Gasteiger partial charge < -0.3 is 4.90 Å². The number of amides is 1. The molecule has 0 radical (unpaired) electrons. The lowest BCUT2D eigenvalue weighted by Gasteiger charge is -2.25. The summed E-state index contributed by atoms with van der Waals surface area (Å²) in [6.45, 7) is 3.66. The number of rotatable bonds is 6. The Bertz CT molecular complexity index is 780. The van der Waals surface area contributed by atoms with Crippen LogP contribution in [0.5, 0.6) is 0 Å². The zero-order valence-corrected chi connectivity index (χ0v) is 15.8. The predicted molar refractivity (Wildman–Crippen MR) is 111 cm³/mol. The lowest BCUT2D eigenvalue weighted by atomic mass is 10.1. The van der Waals surface area contributed by atoms with E-state index in [1.54, 1.807) is 6.08 Å². The van der Waals surface area contributed by atoms with Crippen molar-refractivity contribution in [3.63, 3.8) is 0 Å². The van der Waals surface area contributed by atoms with Gasteiger partial charge in [0.1, 0.15) is 0 Å². The molecule has 0 aliphatic heterocycles. The van der Waals surface area contributed by atoms with E-state index in [4.69, 9.17) is 12.2 Å². The fourth-order valence-corrected chi connectivity index (χ4v) is 2.95. The van der Waals surface area contributed by atoms with Gasteiger partial charge in [-0.25, -0.2) is 0 Å². The highest BCUT2D eigenvalue weighted by Crippen LogP contribution is 2.30. The van der Waals surface area contributed by atoms with Crippen LogP contribution < -0.4 is 5.32 Å². The monoisotopic (exact) mass is 364 g/mol. The standard InChI is InChI=1S/C22H24N2OS/c1-17-7-9-18(10-8-17)13-14-21(25)23-22(26)24(16-20-11-12-20)15-19-5-3-2-4-6-19/h2-10,13-14,20H,11-12,15-16H2,1H3,(H,23,25,26). The van der Waals surface area contributed by atoms with Crippen LogP contribution >= 0.6 is 12.2 Å². The van der Waals surface area contributed by atoms with Crippen molar-refractivity contribution in [1.82, 2.24) is 10.2 Å². The van der Waals surface area contributed by atoms with Crippen molar-refractivity contribution in [1.29, 1.82) is 0 Å². The molecule has 1 fully saturated rings. The van der Waals surface area contributed by atoms with E-state index in [1.165, 1.54) is 30.0 Å². The van der Waals surface area contributed by atoms with Crippen LogP contribution in [0.15, 0.2) is 60.7 Å². The van der Waals surface area contributed by atoms with Gasteiger partial charge in [-0.3, -0.25) is 10.1 Å². The number of carbonyl (C=O) groups excluding carboxylic acids is 1. The molecule has 0 unspecified atom stereocenters. The fraction of sp³-hybridized carbons (Fsp3) is 0.273. The van der Waals surface area contributed by atoms with Crippen molar-refractivity contribution in [2.45, 2.75) is 26.3 Å². The Balaban J connectivity index is 1.59. The summed E-state index contributed by atoms with van der Waals surface area (Å²) in [7, 11) is 0. The topological polar surface area (TPSA) is 32.3 Å². The number of nitrogens with one attached hydrogen (secondary N) is 1. The number of hydrogen-bond donors (Lipinski definition) is 1. The average Bonchev–Trinajstić information content (AvgIpc) is 3.46. The van der Waals surface area contributed by atoms with Gasteiger partial charge in [0.2, 0.25) is 5.91 Å². The van der Waals surface area contributed by atoms with Crippen molar-refractivity contribution >= 4 is 29.3 Å². The van der Waals surface area contributed by atoms with Gasteiger partial charge in [-0.1, -0.05) is 60.2 Å². The molecule has 0 heterocycles. The number of benzene rings is 2. The molecule has 3 nitrogen and oxygen atoms in total. The van der Waals surface area contributed by atoms with Gasteiger partial charge in [-0.15, -0.1) is 0 Å². The molecule has 2 aromatic rings. The molecule has 2 aromatic carbocycles. The van der Waals surface area contributed by atoms with Crippen molar-refractivity contribution in [2.75, 3.05) is 6.54 Å². The van der Waals surface area contributed by atoms with Crippen LogP contribution in [0.25, 0.3) is 6.08 Å². The van der Waals surface area contributed by atoms with E-state index in [0.29, 0.717) is 11.0 Å². The van der Waals surface area contributed by atoms with Crippen LogP contribution in [0.1, 0.15) is 29.5 Å². The molecule has 0 saturated heterocycles. The van der Waals surface area contributed by atoms with E-state index in [0.717, 1.165) is 18.7 Å². The fourth-order valence-electron chi connectivity index (χ4n) is 2.71. The smallest absolute Gasteiger partial charge is 0.250 e. The average molecular weight is 365 g/mol. The van der Waals surface area contributed by atoms with Crippen LogP contribution in [-0.2, 0) is 11.3 Å². The number of nitrogens with zero attached hydrogens (tertiary/aromatic N) is 1. The number of aryl methyl sites for hydroxylation is 1. The number of hydrogen-bond acceptors (Lipinski definition) is 2. The molecular weight excluding hydrogens is 340 g/mol. The van der Waals surface area contributed by atoms with Crippen LogP contribution in [0.3, 0.4) is 0 Å². The zero-order valence-electron chi connectivity index (χ0n) is 15.0. The molecule has 0 spiro atoms. The van der Waals surface area contributed by atoms with Gasteiger partial charge in [0.05, 0.1) is 0 Å². The second kappa shape index (κ2) is 8.77. The van der Waals surface area contributed by atoms with Gasteiger partial charge in [0, 0.05) is 19.2 Å². The highest BCUT2D eigenvalue weighted by Gasteiger charge is 2.25. The normalized spacial score (nSPS) is 13.6. The maximum Gasteiger partial charge on any atom is 0.250 e. The summed E-state index contributed by atoms with van der Waals surface area (Å²) < 4.78 is 0. The molecule has 1 amide bonds. The molecular formula is C22H24N2OS. The first kappa shape index (κ1) is 18.3. The minimum Gasteiger partial charge on any atom is -0.344 e. The molecule has 1 aliphatic rings. The molecule has 1 saturated carbocycles. The molecule has 0 bridgehead atoms. The van der Waals surface area contributed by atoms with Crippen LogP contribution in [-0.4, -0.2) is 22.5 Å². The lowest BCUT2D eigenvalue weighted by molar-refractivity contribution is -0.115. The summed E-state index contributed by atoms with van der Waals surface area (Å²) in [5, 5.41) is 3.35. The van der Waals surface area contributed by atoms with E-state index >= 15 is 0 Å². The Hall–Kier alpha value is -2.46. The highest BCUT2D eigenvalue weighted by atomic mass is 32.1. The summed E-state index contributed by atoms with van der Waals surface area (Å²) in [5.41, 5.74) is 3.39. The number of carbonyl (C=O) groups is 1. The summed E-state index contributed by atoms with van der Waals surface area (Å²) in [4.78, 5) is 14.3. The van der Waals surface area contributed by atoms with Gasteiger partial charge >= 0.3 is 0 Å². The molecule has 4 heteroatoms. The third-order valence-electron chi connectivity index (χ3n) is 4.41. The molecule has 0 aromatic heterocycles. The third kappa shape index (κ3) is 5.81. The molecule has 1 N–H and O–H groups in total. The van der Waals surface area contributed by atoms with Gasteiger partial charge in [-0.2, -0.15) is 0 Å². The Labute approximate surface area is 160 Å². The van der Waals surface area contributed by atoms with Gasteiger partial charge in [0.15, 0.2) is 5.11 Å². The maximum atomic E-state index is 12.2. The molecule has 3 rings (SSSR count). The quantitative estimate of drug-likeness (QED) is 0.612. The maximum absolute atomic E-state index is 12.2. The second-order valence-electron chi connectivity index (χ2n) is 6.85.